The number of hydrogen-bond acceptors (Lipinski definition) is 6. The van der Waals surface area contributed by atoms with Crippen molar-refractivity contribution in [2.75, 3.05) is 13.1 Å². The summed E-state index contributed by atoms with van der Waals surface area (Å²) < 4.78 is 6.20. The zero-order valence-corrected chi connectivity index (χ0v) is 15.1. The van der Waals surface area contributed by atoms with E-state index >= 15 is 0 Å². The van der Waals surface area contributed by atoms with Crippen molar-refractivity contribution < 1.29 is 14.0 Å². The molecule has 1 aliphatic rings. The Hall–Kier alpha value is -3.49. The minimum Gasteiger partial charge on any atom is -0.459 e. The molecule has 1 N–H and O–H groups in total. The Morgan fingerprint density at radius 2 is 1.93 bits per heavy atom. The van der Waals surface area contributed by atoms with Crippen molar-refractivity contribution in [1.29, 1.82) is 0 Å². The first-order valence-electron chi connectivity index (χ1n) is 9.06. The third kappa shape index (κ3) is 3.64. The van der Waals surface area contributed by atoms with Gasteiger partial charge in [-0.1, -0.05) is 17.3 Å². The highest BCUT2D eigenvalue weighted by atomic mass is 16.3. The van der Waals surface area contributed by atoms with E-state index in [-0.39, 0.29) is 30.0 Å². The number of nitrogens with zero attached hydrogens (tertiary/aromatic N) is 4. The van der Waals surface area contributed by atoms with Gasteiger partial charge in [0.05, 0.1) is 11.6 Å². The van der Waals surface area contributed by atoms with Crippen molar-refractivity contribution in [3.63, 3.8) is 0 Å². The number of fused-ring (bicyclic) bond motifs is 1. The lowest BCUT2D eigenvalue weighted by Gasteiger charge is -2.31. The second-order valence-electron chi connectivity index (χ2n) is 6.68. The molecule has 1 aromatic carbocycles. The fraction of sp³-hybridized carbons (Fsp3) is 0.316. The normalized spacial score (nSPS) is 14.9. The lowest BCUT2D eigenvalue weighted by molar-refractivity contribution is -0.122. The predicted octanol–water partition coefficient (Wildman–Crippen LogP) is 0.805. The summed E-state index contributed by atoms with van der Waals surface area (Å²) in [5.74, 6) is -0.132. The summed E-state index contributed by atoms with van der Waals surface area (Å²) in [5, 5.41) is 11.1. The average molecular weight is 381 g/mol. The highest BCUT2D eigenvalue weighted by Gasteiger charge is 2.26. The summed E-state index contributed by atoms with van der Waals surface area (Å²) in [6.45, 7) is 0.864. The molecule has 2 amide bonds. The van der Waals surface area contributed by atoms with Crippen molar-refractivity contribution in [2.45, 2.75) is 25.4 Å². The van der Waals surface area contributed by atoms with Crippen molar-refractivity contribution >= 4 is 22.7 Å². The number of likely N-dealkylation sites (tertiary alicyclic amines) is 1. The summed E-state index contributed by atoms with van der Waals surface area (Å²) >= 11 is 0. The van der Waals surface area contributed by atoms with Gasteiger partial charge in [-0.2, -0.15) is 0 Å². The van der Waals surface area contributed by atoms with E-state index in [2.05, 4.69) is 15.6 Å². The van der Waals surface area contributed by atoms with Gasteiger partial charge in [-0.25, -0.2) is 4.68 Å². The van der Waals surface area contributed by atoms with Gasteiger partial charge in [0.25, 0.3) is 11.5 Å². The van der Waals surface area contributed by atoms with Gasteiger partial charge in [-0.3, -0.25) is 14.4 Å². The van der Waals surface area contributed by atoms with Crippen LogP contribution in [0, 0.1) is 0 Å². The molecular weight excluding hydrogens is 362 g/mol. The molecule has 0 aliphatic carbocycles. The van der Waals surface area contributed by atoms with Crippen LogP contribution in [-0.4, -0.2) is 50.8 Å². The van der Waals surface area contributed by atoms with Gasteiger partial charge < -0.3 is 14.6 Å². The van der Waals surface area contributed by atoms with E-state index < -0.39 is 0 Å². The van der Waals surface area contributed by atoms with Crippen molar-refractivity contribution in [1.82, 2.24) is 25.2 Å². The standard InChI is InChI=1S/C19H19N5O4/c25-17(12-24-18(26)14-4-1-2-5-15(14)21-22-24)20-13-7-9-23(10-8-13)19(27)16-6-3-11-28-16/h1-6,11,13H,7-10,12H2,(H,20,25). The van der Waals surface area contributed by atoms with E-state index in [9.17, 15) is 14.4 Å². The Morgan fingerprint density at radius 3 is 2.68 bits per heavy atom. The van der Waals surface area contributed by atoms with Gasteiger partial charge in [0, 0.05) is 19.1 Å². The molecule has 9 nitrogen and oxygen atoms in total. The largest absolute Gasteiger partial charge is 0.459 e. The van der Waals surface area contributed by atoms with Gasteiger partial charge in [0.2, 0.25) is 5.91 Å². The number of amides is 2. The Balaban J connectivity index is 1.33. The minimum absolute atomic E-state index is 0.0581. The summed E-state index contributed by atoms with van der Waals surface area (Å²) in [5.41, 5.74) is 0.150. The molecule has 3 aromatic rings. The Bertz CT molecular complexity index is 1050. The lowest BCUT2D eigenvalue weighted by atomic mass is 10.0. The van der Waals surface area contributed by atoms with Crippen LogP contribution in [0.4, 0.5) is 0 Å². The van der Waals surface area contributed by atoms with Crippen LogP contribution in [0.3, 0.4) is 0 Å². The van der Waals surface area contributed by atoms with Crippen LogP contribution in [0.1, 0.15) is 23.4 Å². The molecule has 1 fully saturated rings. The second-order valence-corrected chi connectivity index (χ2v) is 6.68. The number of furan rings is 1. The second kappa shape index (κ2) is 7.63. The SMILES string of the molecule is O=C(Cn1nnc2ccccc2c1=O)NC1CCN(C(=O)c2ccco2)CC1. The highest BCUT2D eigenvalue weighted by Crippen LogP contribution is 2.14. The van der Waals surface area contributed by atoms with Crippen LogP contribution in [0.25, 0.3) is 10.9 Å². The maximum Gasteiger partial charge on any atom is 0.289 e. The summed E-state index contributed by atoms with van der Waals surface area (Å²) in [4.78, 5) is 38.7. The summed E-state index contributed by atoms with van der Waals surface area (Å²) in [7, 11) is 0. The molecule has 2 aromatic heterocycles. The van der Waals surface area contributed by atoms with Crippen LogP contribution in [0.2, 0.25) is 0 Å². The van der Waals surface area contributed by atoms with E-state index in [1.54, 1.807) is 41.3 Å². The van der Waals surface area contributed by atoms with Crippen molar-refractivity contribution in [3.8, 4) is 0 Å². The van der Waals surface area contributed by atoms with Crippen LogP contribution in [0.15, 0.2) is 51.9 Å². The minimum atomic E-state index is -0.348. The highest BCUT2D eigenvalue weighted by molar-refractivity contribution is 5.91. The molecular formula is C19H19N5O4. The quantitative estimate of drug-likeness (QED) is 0.716. The van der Waals surface area contributed by atoms with E-state index in [1.165, 1.54) is 6.26 Å². The molecule has 0 atom stereocenters. The van der Waals surface area contributed by atoms with Gasteiger partial charge in [0.15, 0.2) is 5.76 Å². The topological polar surface area (TPSA) is 110 Å². The molecule has 0 spiro atoms. The number of rotatable bonds is 4. The zero-order valence-electron chi connectivity index (χ0n) is 15.1. The fourth-order valence-electron chi connectivity index (χ4n) is 3.32. The number of benzene rings is 1. The Morgan fingerprint density at radius 1 is 1.14 bits per heavy atom. The van der Waals surface area contributed by atoms with Crippen LogP contribution < -0.4 is 10.9 Å². The average Bonchev–Trinajstić information content (AvgIpc) is 3.25. The molecule has 144 valence electrons. The molecule has 0 saturated carbocycles. The molecule has 3 heterocycles. The Kier molecular flexibility index (Phi) is 4.88. The number of carbonyl (C=O) groups is 2. The third-order valence-corrected chi connectivity index (χ3v) is 4.80. The maximum absolute atomic E-state index is 12.4. The first kappa shape index (κ1) is 17.9. The maximum atomic E-state index is 12.4. The van der Waals surface area contributed by atoms with Crippen molar-refractivity contribution in [3.05, 3.63) is 58.8 Å². The fourth-order valence-corrected chi connectivity index (χ4v) is 3.32. The van der Waals surface area contributed by atoms with Crippen LogP contribution >= 0.6 is 0 Å². The Labute approximate surface area is 159 Å². The van der Waals surface area contributed by atoms with Gasteiger partial charge in [-0.05, 0) is 37.1 Å². The van der Waals surface area contributed by atoms with E-state index in [1.807, 2.05) is 0 Å². The van der Waals surface area contributed by atoms with Crippen molar-refractivity contribution in [2.24, 2.45) is 0 Å². The number of nitrogens with one attached hydrogen (secondary N) is 1. The zero-order chi connectivity index (χ0) is 19.5. The number of carbonyl (C=O) groups excluding carboxylic acids is 2. The molecule has 0 radical (unpaired) electrons. The van der Waals surface area contributed by atoms with E-state index in [0.717, 1.165) is 4.68 Å². The molecule has 28 heavy (non-hydrogen) atoms. The third-order valence-electron chi connectivity index (χ3n) is 4.80. The summed E-state index contributed by atoms with van der Waals surface area (Å²) in [6.07, 6.45) is 2.74. The van der Waals surface area contributed by atoms with Gasteiger partial charge in [-0.15, -0.1) is 5.10 Å². The molecule has 0 unspecified atom stereocenters. The number of hydrogen-bond donors (Lipinski definition) is 1. The van der Waals surface area contributed by atoms with Gasteiger partial charge in [0.1, 0.15) is 12.1 Å². The monoisotopic (exact) mass is 381 g/mol. The number of aromatic nitrogens is 3. The van der Waals surface area contributed by atoms with Crippen LogP contribution in [-0.2, 0) is 11.3 Å². The van der Waals surface area contributed by atoms with E-state index in [0.29, 0.717) is 42.6 Å². The first-order valence-corrected chi connectivity index (χ1v) is 9.06. The molecule has 1 aliphatic heterocycles. The van der Waals surface area contributed by atoms with E-state index in [4.69, 9.17) is 4.42 Å². The number of piperidine rings is 1. The lowest BCUT2D eigenvalue weighted by Crippen LogP contribution is -2.47. The molecule has 4 rings (SSSR count). The summed E-state index contributed by atoms with van der Waals surface area (Å²) in [6, 6.07) is 10.1. The first-order chi connectivity index (χ1) is 13.6. The van der Waals surface area contributed by atoms with Gasteiger partial charge >= 0.3 is 0 Å². The molecule has 9 heteroatoms. The predicted molar refractivity (Wildman–Crippen MR) is 99.6 cm³/mol. The molecule has 0 bridgehead atoms. The smallest absolute Gasteiger partial charge is 0.289 e. The van der Waals surface area contributed by atoms with Crippen LogP contribution in [0.5, 0.6) is 0 Å². The molecule has 1 saturated heterocycles.